The van der Waals surface area contributed by atoms with Gasteiger partial charge in [0.15, 0.2) is 0 Å². The predicted molar refractivity (Wildman–Crippen MR) is 70.0 cm³/mol. The maximum Gasteiger partial charge on any atom is 0.258 e. The Kier molecular flexibility index (Phi) is 2.56. The Morgan fingerprint density at radius 1 is 1.33 bits per heavy atom. The summed E-state index contributed by atoms with van der Waals surface area (Å²) in [6.45, 7) is 1.93. The second-order valence-electron chi connectivity index (χ2n) is 3.81. The third-order valence-corrected chi connectivity index (χ3v) is 3.45. The number of aromatic nitrogens is 3. The van der Waals surface area contributed by atoms with E-state index in [4.69, 9.17) is 10.3 Å². The smallest absolute Gasteiger partial charge is 0.258 e. The number of hydrogen-bond acceptors (Lipinski definition) is 6. The maximum absolute atomic E-state index is 5.86. The van der Waals surface area contributed by atoms with Crippen LogP contribution in [0.15, 0.2) is 34.4 Å². The zero-order valence-corrected chi connectivity index (χ0v) is 10.4. The molecule has 0 spiro atoms. The molecule has 0 bridgehead atoms. The number of hydrogen-bond donors (Lipinski definition) is 1. The number of rotatable bonds is 2. The molecule has 0 aliphatic rings. The molecule has 0 saturated heterocycles. The fourth-order valence-electron chi connectivity index (χ4n) is 1.64. The van der Waals surface area contributed by atoms with Crippen molar-refractivity contribution in [3.8, 4) is 22.2 Å². The summed E-state index contributed by atoms with van der Waals surface area (Å²) in [7, 11) is 0. The third kappa shape index (κ3) is 1.76. The fourth-order valence-corrected chi connectivity index (χ4v) is 2.19. The van der Waals surface area contributed by atoms with Crippen molar-refractivity contribution in [2.45, 2.75) is 6.92 Å². The minimum atomic E-state index is 0.475. The van der Waals surface area contributed by atoms with Crippen molar-refractivity contribution in [2.75, 3.05) is 5.73 Å². The number of nitrogens with zero attached hydrogens (tertiary/aromatic N) is 3. The van der Waals surface area contributed by atoms with Crippen LogP contribution in [-0.2, 0) is 0 Å². The summed E-state index contributed by atoms with van der Waals surface area (Å²) < 4.78 is 5.27. The van der Waals surface area contributed by atoms with Crippen LogP contribution in [-0.4, -0.2) is 15.1 Å². The normalized spacial score (nSPS) is 10.7. The van der Waals surface area contributed by atoms with E-state index in [9.17, 15) is 0 Å². The average molecular weight is 258 g/mol. The lowest BCUT2D eigenvalue weighted by molar-refractivity contribution is 0.432. The summed E-state index contributed by atoms with van der Waals surface area (Å²) in [6.07, 6.45) is 1.71. The predicted octanol–water partition coefficient (Wildman–Crippen LogP) is 2.75. The van der Waals surface area contributed by atoms with Gasteiger partial charge < -0.3 is 10.3 Å². The van der Waals surface area contributed by atoms with Gasteiger partial charge in [-0.3, -0.25) is 4.98 Å². The van der Waals surface area contributed by atoms with Gasteiger partial charge in [0.1, 0.15) is 0 Å². The second kappa shape index (κ2) is 4.23. The topological polar surface area (TPSA) is 77.8 Å². The fraction of sp³-hybridized carbons (Fsp3) is 0.0833. The first-order chi connectivity index (χ1) is 8.75. The van der Waals surface area contributed by atoms with E-state index in [2.05, 4.69) is 15.1 Å². The quantitative estimate of drug-likeness (QED) is 0.715. The van der Waals surface area contributed by atoms with Crippen molar-refractivity contribution in [3.05, 3.63) is 35.5 Å². The van der Waals surface area contributed by atoms with Crippen LogP contribution in [0.5, 0.6) is 0 Å². The van der Waals surface area contributed by atoms with Crippen molar-refractivity contribution in [1.82, 2.24) is 15.1 Å². The maximum atomic E-state index is 5.86. The van der Waals surface area contributed by atoms with E-state index in [1.165, 1.54) is 11.3 Å². The molecular weight excluding hydrogens is 248 g/mol. The van der Waals surface area contributed by atoms with Gasteiger partial charge in [0.2, 0.25) is 5.82 Å². The molecule has 2 aromatic heterocycles. The highest BCUT2D eigenvalue weighted by Gasteiger charge is 2.14. The van der Waals surface area contributed by atoms with Gasteiger partial charge in [-0.2, -0.15) is 4.98 Å². The molecule has 3 rings (SSSR count). The number of thiazole rings is 1. The average Bonchev–Trinajstić information content (AvgIpc) is 3.01. The highest BCUT2D eigenvalue weighted by atomic mass is 32.1. The molecular formula is C12H10N4OS. The Bertz CT molecular complexity index is 675. The van der Waals surface area contributed by atoms with Gasteiger partial charge in [0, 0.05) is 17.4 Å². The van der Waals surface area contributed by atoms with Gasteiger partial charge in [-0.25, -0.2) is 0 Å². The highest BCUT2D eigenvalue weighted by Crippen LogP contribution is 2.28. The van der Waals surface area contributed by atoms with Crippen molar-refractivity contribution in [1.29, 1.82) is 0 Å². The summed E-state index contributed by atoms with van der Waals surface area (Å²) in [4.78, 5) is 9.23. The summed E-state index contributed by atoms with van der Waals surface area (Å²) in [5.41, 5.74) is 10.1. The van der Waals surface area contributed by atoms with Crippen LogP contribution < -0.4 is 5.73 Å². The Morgan fingerprint density at radius 2 is 2.22 bits per heavy atom. The Hall–Kier alpha value is -2.21. The summed E-state index contributed by atoms with van der Waals surface area (Å²) in [5.74, 6) is 1.03. The molecule has 0 saturated carbocycles. The van der Waals surface area contributed by atoms with Gasteiger partial charge in [0.25, 0.3) is 5.89 Å². The van der Waals surface area contributed by atoms with Crippen molar-refractivity contribution in [3.63, 3.8) is 0 Å². The molecule has 6 heteroatoms. The van der Waals surface area contributed by atoms with E-state index in [-0.39, 0.29) is 0 Å². The molecule has 0 radical (unpaired) electrons. The van der Waals surface area contributed by atoms with Crippen molar-refractivity contribution >= 4 is 17.0 Å². The minimum Gasteiger partial charge on any atom is -0.398 e. The number of benzene rings is 1. The van der Waals surface area contributed by atoms with E-state index >= 15 is 0 Å². The Morgan fingerprint density at radius 3 is 3.00 bits per heavy atom. The van der Waals surface area contributed by atoms with Gasteiger partial charge in [-0.1, -0.05) is 11.2 Å². The van der Waals surface area contributed by atoms with E-state index in [1.807, 2.05) is 25.1 Å². The molecule has 90 valence electrons. The molecule has 18 heavy (non-hydrogen) atoms. The lowest BCUT2D eigenvalue weighted by Crippen LogP contribution is -1.91. The molecule has 0 aliphatic heterocycles. The zero-order chi connectivity index (χ0) is 12.5. The third-order valence-electron chi connectivity index (χ3n) is 2.68. The Labute approximate surface area is 107 Å². The van der Waals surface area contributed by atoms with Gasteiger partial charge in [-0.15, -0.1) is 11.3 Å². The molecule has 0 unspecified atom stereocenters. The molecule has 0 amide bonds. The van der Waals surface area contributed by atoms with Gasteiger partial charge >= 0.3 is 0 Å². The molecule has 2 N–H and O–H groups in total. The van der Waals surface area contributed by atoms with E-state index in [1.54, 1.807) is 11.7 Å². The monoisotopic (exact) mass is 258 g/mol. The molecule has 2 heterocycles. The van der Waals surface area contributed by atoms with Crippen LogP contribution in [0.25, 0.3) is 22.2 Å². The summed E-state index contributed by atoms with van der Waals surface area (Å²) >= 11 is 1.47. The lowest BCUT2D eigenvalue weighted by Gasteiger charge is -2.02. The first kappa shape index (κ1) is 10.9. The summed E-state index contributed by atoms with van der Waals surface area (Å²) in [5, 5.41) is 3.95. The van der Waals surface area contributed by atoms with Crippen molar-refractivity contribution < 1.29 is 4.52 Å². The second-order valence-corrected chi connectivity index (χ2v) is 4.69. The van der Waals surface area contributed by atoms with E-state index in [0.29, 0.717) is 17.4 Å². The van der Waals surface area contributed by atoms with Crippen LogP contribution >= 0.6 is 11.3 Å². The zero-order valence-electron chi connectivity index (χ0n) is 9.62. The number of nitrogens with two attached hydrogens (primary N) is 1. The highest BCUT2D eigenvalue weighted by molar-refractivity contribution is 7.13. The van der Waals surface area contributed by atoms with E-state index in [0.717, 1.165) is 16.0 Å². The van der Waals surface area contributed by atoms with Crippen molar-refractivity contribution in [2.24, 2.45) is 0 Å². The van der Waals surface area contributed by atoms with E-state index < -0.39 is 0 Å². The first-order valence-corrected chi connectivity index (χ1v) is 6.21. The standard InChI is InChI=1S/C12H10N4OS/c1-7-8(3-2-4-9(7)13)12-15-11(16-17-12)10-5-14-6-18-10/h2-6H,13H2,1H3. The van der Waals surface area contributed by atoms with Crippen LogP contribution in [0.4, 0.5) is 5.69 Å². The SMILES string of the molecule is Cc1c(N)cccc1-c1nc(-c2cncs2)no1. The molecule has 5 nitrogen and oxygen atoms in total. The van der Waals surface area contributed by atoms with Crippen LogP contribution in [0.3, 0.4) is 0 Å². The first-order valence-electron chi connectivity index (χ1n) is 5.34. The Balaban J connectivity index is 2.06. The van der Waals surface area contributed by atoms with Gasteiger partial charge in [-0.05, 0) is 24.6 Å². The molecule has 0 aliphatic carbocycles. The van der Waals surface area contributed by atoms with Gasteiger partial charge in [0.05, 0.1) is 10.4 Å². The molecule has 0 fully saturated rings. The largest absolute Gasteiger partial charge is 0.398 e. The number of anilines is 1. The molecule has 0 atom stereocenters. The van der Waals surface area contributed by atoms with Crippen LogP contribution in [0.1, 0.15) is 5.56 Å². The minimum absolute atomic E-state index is 0.475. The molecule has 1 aromatic carbocycles. The lowest BCUT2D eigenvalue weighted by atomic mass is 10.1. The number of nitrogen functional groups attached to an aromatic ring is 1. The van der Waals surface area contributed by atoms with Crippen LogP contribution in [0.2, 0.25) is 0 Å². The molecule has 3 aromatic rings. The summed E-state index contributed by atoms with van der Waals surface area (Å²) in [6, 6.07) is 5.63. The van der Waals surface area contributed by atoms with Crippen LogP contribution in [0, 0.1) is 6.92 Å².